The van der Waals surface area contributed by atoms with Gasteiger partial charge in [0, 0.05) is 36.9 Å². The van der Waals surface area contributed by atoms with Gasteiger partial charge in [-0.3, -0.25) is 0 Å². The molecule has 13 rings (SSSR count). The minimum atomic E-state index is 0.642. The Balaban J connectivity index is 1.07. The molecule has 3 nitrogen and oxygen atoms in total. The lowest BCUT2D eigenvalue weighted by Gasteiger charge is -2.17. The molecule has 0 N–H and O–H groups in total. The highest BCUT2D eigenvalue weighted by Crippen LogP contribution is 2.44. The van der Waals surface area contributed by atoms with E-state index in [2.05, 4.69) is 170 Å². The maximum absolute atomic E-state index is 5.32. The third-order valence-corrected chi connectivity index (χ3v) is 13.3. The van der Waals surface area contributed by atoms with Crippen molar-refractivity contribution in [3.05, 3.63) is 188 Å². The average Bonchev–Trinajstić information content (AvgIpc) is 3.68. The van der Waals surface area contributed by atoms with Crippen molar-refractivity contribution in [3.8, 4) is 45.3 Å². The highest BCUT2D eigenvalue weighted by atomic mass is 32.1. The second-order valence-electron chi connectivity index (χ2n) is 15.5. The van der Waals surface area contributed by atoms with Crippen LogP contribution in [0.3, 0.4) is 0 Å². The van der Waals surface area contributed by atoms with E-state index in [0.29, 0.717) is 17.5 Å². The third kappa shape index (κ3) is 4.97. The fourth-order valence-corrected chi connectivity index (χ4v) is 10.7. The molecule has 0 unspecified atom stereocenters. The predicted molar refractivity (Wildman–Crippen MR) is 251 cm³/mol. The molecule has 59 heavy (non-hydrogen) atoms. The standard InChI is InChI=1S/C55H31N3S/c1-2-10-35(11-3-1)53-56-54(39-16-6-15-36(28-39)37-26-27-42-41-17-4-5-21-47(41)59-48(42)31-37)58-55(57-53)40-29-38-25-24-34-13-8-19-44-43-18-7-12-32-22-23-33-14-9-20-45(51(33)49(32)43)46(30-40)52(38)50(34)44/h1-31H. The molecule has 0 spiro atoms. The first kappa shape index (κ1) is 32.5. The van der Waals surface area contributed by atoms with Crippen LogP contribution in [0.5, 0.6) is 0 Å². The van der Waals surface area contributed by atoms with Crippen molar-refractivity contribution in [2.75, 3.05) is 0 Å². The maximum Gasteiger partial charge on any atom is 0.164 e. The van der Waals surface area contributed by atoms with Gasteiger partial charge >= 0.3 is 0 Å². The topological polar surface area (TPSA) is 38.7 Å². The number of fused-ring (bicyclic) bond motifs is 5. The van der Waals surface area contributed by atoms with Gasteiger partial charge in [-0.25, -0.2) is 15.0 Å². The van der Waals surface area contributed by atoms with Gasteiger partial charge in [0.25, 0.3) is 0 Å². The van der Waals surface area contributed by atoms with Crippen molar-refractivity contribution < 1.29 is 0 Å². The van der Waals surface area contributed by atoms with Crippen molar-refractivity contribution >= 4 is 96.1 Å². The van der Waals surface area contributed by atoms with E-state index in [4.69, 9.17) is 15.0 Å². The predicted octanol–water partition coefficient (Wildman–Crippen LogP) is 15.3. The van der Waals surface area contributed by atoms with Gasteiger partial charge in [0.2, 0.25) is 0 Å². The van der Waals surface area contributed by atoms with Crippen LogP contribution in [0.2, 0.25) is 0 Å². The zero-order chi connectivity index (χ0) is 38.6. The SMILES string of the molecule is c1ccc(-c2nc(-c3cccc(-c4ccc5c(c4)sc4ccccc45)c3)nc(-c3cc4ccc5cccc6c7cccc8ccc9cccc(c(c3)c4c56)c9c87)n2)cc1. The summed E-state index contributed by atoms with van der Waals surface area (Å²) in [6, 6.07) is 68.1. The zero-order valence-corrected chi connectivity index (χ0v) is 32.5. The van der Waals surface area contributed by atoms with Gasteiger partial charge in [0.05, 0.1) is 0 Å². The van der Waals surface area contributed by atoms with Crippen LogP contribution in [0, 0.1) is 0 Å². The number of benzene rings is 10. The number of aromatic nitrogens is 3. The first-order valence-corrected chi connectivity index (χ1v) is 20.8. The summed E-state index contributed by atoms with van der Waals surface area (Å²) in [5, 5.41) is 17.5. The van der Waals surface area contributed by atoms with Gasteiger partial charge in [-0.05, 0) is 106 Å². The fraction of sp³-hybridized carbons (Fsp3) is 0. The average molecular weight is 766 g/mol. The van der Waals surface area contributed by atoms with E-state index in [-0.39, 0.29) is 0 Å². The molecule has 272 valence electrons. The van der Waals surface area contributed by atoms with E-state index in [1.807, 2.05) is 29.5 Å². The van der Waals surface area contributed by atoms with Gasteiger partial charge in [-0.1, -0.05) is 158 Å². The summed E-state index contributed by atoms with van der Waals surface area (Å²) >= 11 is 1.84. The van der Waals surface area contributed by atoms with Gasteiger partial charge < -0.3 is 0 Å². The van der Waals surface area contributed by atoms with Crippen LogP contribution < -0.4 is 0 Å². The van der Waals surface area contributed by atoms with Crippen LogP contribution in [0.25, 0.3) is 130 Å². The Kier molecular flexibility index (Phi) is 6.89. The highest BCUT2D eigenvalue weighted by Gasteiger charge is 2.19. The molecule has 2 aromatic heterocycles. The van der Waals surface area contributed by atoms with Crippen LogP contribution in [-0.2, 0) is 0 Å². The van der Waals surface area contributed by atoms with Crippen molar-refractivity contribution in [3.63, 3.8) is 0 Å². The minimum absolute atomic E-state index is 0.642. The Morgan fingerprint density at radius 1 is 0.254 bits per heavy atom. The normalized spacial score (nSPS) is 12.1. The minimum Gasteiger partial charge on any atom is -0.208 e. The summed E-state index contributed by atoms with van der Waals surface area (Å²) < 4.78 is 2.59. The first-order valence-electron chi connectivity index (χ1n) is 20.0. The first-order chi connectivity index (χ1) is 29.2. The van der Waals surface area contributed by atoms with E-state index in [1.165, 1.54) is 85.0 Å². The Hall–Kier alpha value is -7.53. The van der Waals surface area contributed by atoms with Gasteiger partial charge in [0.1, 0.15) is 0 Å². The Morgan fingerprint density at radius 2 is 0.746 bits per heavy atom. The molecule has 0 fully saturated rings. The van der Waals surface area contributed by atoms with Crippen molar-refractivity contribution in [1.29, 1.82) is 0 Å². The molecule has 0 saturated carbocycles. The van der Waals surface area contributed by atoms with Crippen LogP contribution in [0.15, 0.2) is 188 Å². The summed E-state index contributed by atoms with van der Waals surface area (Å²) in [6.45, 7) is 0. The number of rotatable bonds is 4. The Morgan fingerprint density at radius 3 is 1.46 bits per heavy atom. The van der Waals surface area contributed by atoms with Crippen molar-refractivity contribution in [2.24, 2.45) is 0 Å². The third-order valence-electron chi connectivity index (χ3n) is 12.2. The molecule has 2 heterocycles. The second kappa shape index (κ2) is 12.5. The molecule has 13 aromatic rings. The quantitative estimate of drug-likeness (QED) is 0.168. The zero-order valence-electron chi connectivity index (χ0n) is 31.6. The number of hydrogen-bond acceptors (Lipinski definition) is 4. The molecule has 0 bridgehead atoms. The summed E-state index contributed by atoms with van der Waals surface area (Å²) in [4.78, 5) is 15.7. The highest BCUT2D eigenvalue weighted by molar-refractivity contribution is 7.25. The van der Waals surface area contributed by atoms with Gasteiger partial charge in [0.15, 0.2) is 17.5 Å². The molecule has 0 aliphatic heterocycles. The fourth-order valence-electron chi connectivity index (χ4n) is 9.51. The molecule has 11 aromatic carbocycles. The molecule has 0 saturated heterocycles. The molecular weight excluding hydrogens is 735 g/mol. The van der Waals surface area contributed by atoms with E-state index in [9.17, 15) is 0 Å². The van der Waals surface area contributed by atoms with E-state index >= 15 is 0 Å². The number of nitrogens with zero attached hydrogens (tertiary/aromatic N) is 3. The van der Waals surface area contributed by atoms with Crippen molar-refractivity contribution in [2.45, 2.75) is 0 Å². The smallest absolute Gasteiger partial charge is 0.164 e. The van der Waals surface area contributed by atoms with E-state index in [0.717, 1.165) is 27.6 Å². The molecule has 0 aliphatic rings. The number of hydrogen-bond donors (Lipinski definition) is 0. The molecule has 0 aliphatic carbocycles. The maximum atomic E-state index is 5.32. The summed E-state index contributed by atoms with van der Waals surface area (Å²) in [5.74, 6) is 1.93. The monoisotopic (exact) mass is 765 g/mol. The van der Waals surface area contributed by atoms with Crippen LogP contribution >= 0.6 is 11.3 Å². The van der Waals surface area contributed by atoms with Crippen LogP contribution in [-0.4, -0.2) is 15.0 Å². The lowest BCUT2D eigenvalue weighted by Crippen LogP contribution is -2.00. The largest absolute Gasteiger partial charge is 0.208 e. The van der Waals surface area contributed by atoms with Crippen molar-refractivity contribution in [1.82, 2.24) is 15.0 Å². The second-order valence-corrected chi connectivity index (χ2v) is 16.6. The lowest BCUT2D eigenvalue weighted by atomic mass is 9.87. The molecule has 0 radical (unpaired) electrons. The number of thiophene rings is 1. The summed E-state index contributed by atoms with van der Waals surface area (Å²) in [6.07, 6.45) is 0. The van der Waals surface area contributed by atoms with Gasteiger partial charge in [-0.2, -0.15) is 0 Å². The molecular formula is C55H31N3S. The lowest BCUT2D eigenvalue weighted by molar-refractivity contribution is 1.07. The van der Waals surface area contributed by atoms with Crippen LogP contribution in [0.1, 0.15) is 0 Å². The summed E-state index contributed by atoms with van der Waals surface area (Å²) in [5.41, 5.74) is 5.13. The Bertz CT molecular complexity index is 3840. The van der Waals surface area contributed by atoms with E-state index < -0.39 is 0 Å². The van der Waals surface area contributed by atoms with Gasteiger partial charge in [-0.15, -0.1) is 11.3 Å². The molecule has 0 atom stereocenters. The van der Waals surface area contributed by atoms with Crippen LogP contribution in [0.4, 0.5) is 0 Å². The molecule has 4 heteroatoms. The molecule has 0 amide bonds. The van der Waals surface area contributed by atoms with E-state index in [1.54, 1.807) is 0 Å². The summed E-state index contributed by atoms with van der Waals surface area (Å²) in [7, 11) is 0. The Labute approximate surface area is 342 Å².